The molecule has 4 atom stereocenters. The fourth-order valence-corrected chi connectivity index (χ4v) is 5.46. The van der Waals surface area contributed by atoms with Crippen LogP contribution in [0.5, 0.6) is 0 Å². The fraction of sp³-hybridized carbons (Fsp3) is 0.324. The molecule has 4 rings (SSSR count). The van der Waals surface area contributed by atoms with Crippen molar-refractivity contribution in [3.63, 3.8) is 0 Å². The molecule has 0 unspecified atom stereocenters. The molecule has 4 aromatic rings. The molecule has 264 valence electrons. The van der Waals surface area contributed by atoms with Gasteiger partial charge in [-0.3, -0.25) is 29.0 Å². The summed E-state index contributed by atoms with van der Waals surface area (Å²) in [6.45, 7) is 1.46. The average Bonchev–Trinajstić information content (AvgIpc) is 3.75. The quantitative estimate of drug-likeness (QED) is 0.0370. The van der Waals surface area contributed by atoms with Crippen molar-refractivity contribution < 1.29 is 24.0 Å². The largest absolute Gasteiger partial charge is 0.370 e. The summed E-state index contributed by atoms with van der Waals surface area (Å²) >= 11 is 0. The van der Waals surface area contributed by atoms with Crippen LogP contribution in [-0.2, 0) is 43.2 Å². The van der Waals surface area contributed by atoms with Crippen LogP contribution < -0.4 is 38.5 Å². The Balaban J connectivity index is 1.55. The molecule has 50 heavy (non-hydrogen) atoms. The van der Waals surface area contributed by atoms with Crippen LogP contribution in [0.1, 0.15) is 36.6 Å². The Morgan fingerprint density at radius 1 is 0.760 bits per heavy atom. The highest BCUT2D eigenvalue weighted by Gasteiger charge is 2.31. The number of rotatable bonds is 18. The summed E-state index contributed by atoms with van der Waals surface area (Å²) in [5, 5.41) is 11.7. The predicted octanol–water partition coefficient (Wildman–Crippen LogP) is -0.583. The molecule has 0 aliphatic heterocycles. The molecule has 0 radical (unpaired) electrons. The van der Waals surface area contributed by atoms with Gasteiger partial charge in [-0.25, -0.2) is 4.98 Å². The molecule has 16 nitrogen and oxygen atoms in total. The zero-order chi connectivity index (χ0) is 36.0. The molecule has 0 bridgehead atoms. The van der Waals surface area contributed by atoms with Gasteiger partial charge < -0.3 is 48.4 Å². The molecule has 2 aromatic heterocycles. The molecule has 0 saturated heterocycles. The summed E-state index contributed by atoms with van der Waals surface area (Å²) < 4.78 is 0. The summed E-state index contributed by atoms with van der Waals surface area (Å²) in [7, 11) is 0. The van der Waals surface area contributed by atoms with Crippen LogP contribution in [0.25, 0.3) is 10.9 Å². The van der Waals surface area contributed by atoms with Crippen LogP contribution in [-0.4, -0.2) is 81.2 Å². The van der Waals surface area contributed by atoms with Gasteiger partial charge >= 0.3 is 0 Å². The number of carbonyl (C=O) groups excluding carboxylic acids is 5. The number of nitrogens with zero attached hydrogens (tertiary/aromatic N) is 2. The Hall–Kier alpha value is -6.19. The van der Waals surface area contributed by atoms with Crippen molar-refractivity contribution in [1.29, 1.82) is 0 Å². The molecule has 16 heteroatoms. The summed E-state index contributed by atoms with van der Waals surface area (Å²) in [6, 6.07) is 12.1. The Morgan fingerprint density at radius 2 is 1.40 bits per heavy atom. The van der Waals surface area contributed by atoms with Crippen molar-refractivity contribution in [1.82, 2.24) is 36.2 Å². The first-order chi connectivity index (χ1) is 24.0. The van der Waals surface area contributed by atoms with E-state index in [1.165, 1.54) is 19.4 Å². The van der Waals surface area contributed by atoms with E-state index in [2.05, 4.69) is 41.2 Å². The maximum atomic E-state index is 14.0. The fourth-order valence-electron chi connectivity index (χ4n) is 5.46. The number of hydrogen-bond donors (Lipinski definition) is 9. The molecular formula is C34H43N11O5. The van der Waals surface area contributed by atoms with E-state index in [4.69, 9.17) is 17.2 Å². The first kappa shape index (κ1) is 36.6. The van der Waals surface area contributed by atoms with E-state index in [1.54, 1.807) is 30.5 Å². The van der Waals surface area contributed by atoms with Gasteiger partial charge in [0.05, 0.1) is 6.33 Å². The topological polar surface area (TPSA) is 268 Å². The van der Waals surface area contributed by atoms with Crippen molar-refractivity contribution in [3.05, 3.63) is 90.1 Å². The molecule has 0 fully saturated rings. The predicted molar refractivity (Wildman–Crippen MR) is 187 cm³/mol. The third-order valence-corrected chi connectivity index (χ3v) is 7.93. The number of nitrogens with two attached hydrogens (primary N) is 3. The highest BCUT2D eigenvalue weighted by Crippen LogP contribution is 2.19. The van der Waals surface area contributed by atoms with E-state index in [0.717, 1.165) is 22.0 Å². The molecule has 0 aliphatic carbocycles. The minimum atomic E-state index is -1.16. The number of fused-ring (bicyclic) bond motifs is 1. The Morgan fingerprint density at radius 3 is 2.06 bits per heavy atom. The maximum Gasteiger partial charge on any atom is 0.243 e. The van der Waals surface area contributed by atoms with Crippen LogP contribution >= 0.6 is 0 Å². The van der Waals surface area contributed by atoms with Crippen molar-refractivity contribution >= 4 is 46.4 Å². The normalized spacial score (nSPS) is 13.3. The van der Waals surface area contributed by atoms with E-state index in [9.17, 15) is 24.0 Å². The monoisotopic (exact) mass is 685 g/mol. The van der Waals surface area contributed by atoms with Gasteiger partial charge in [0.25, 0.3) is 0 Å². The number of H-pyrrole nitrogens is 2. The van der Waals surface area contributed by atoms with Crippen LogP contribution in [0, 0.1) is 0 Å². The Bertz CT molecular complexity index is 1790. The summed E-state index contributed by atoms with van der Waals surface area (Å²) in [4.78, 5) is 79.7. The van der Waals surface area contributed by atoms with Gasteiger partial charge in [-0.1, -0.05) is 48.5 Å². The average molecular weight is 686 g/mol. The summed E-state index contributed by atoms with van der Waals surface area (Å²) in [5.74, 6) is -3.27. The molecule has 0 aliphatic rings. The van der Waals surface area contributed by atoms with Crippen LogP contribution in [0.15, 0.2) is 78.3 Å². The number of benzene rings is 2. The second-order valence-electron chi connectivity index (χ2n) is 11.8. The van der Waals surface area contributed by atoms with E-state index < -0.39 is 53.7 Å². The third kappa shape index (κ3) is 10.9. The minimum absolute atomic E-state index is 0.0715. The third-order valence-electron chi connectivity index (χ3n) is 7.93. The highest BCUT2D eigenvalue weighted by atomic mass is 16.2. The molecule has 0 saturated carbocycles. The number of para-hydroxylation sites is 1. The van der Waals surface area contributed by atoms with Crippen LogP contribution in [0.2, 0.25) is 0 Å². The SMILES string of the molecule is CC(=O)N[C@@H](Cc1cnc[nH]1)C(=O)N[C@H](Cc1ccccc1)C(=O)N[C@H](CCCN=C(N)N)C(=O)N[C@H](Cc1c[nH]c2ccccc12)C(N)=O. The number of guanidine groups is 1. The van der Waals surface area contributed by atoms with Crippen LogP contribution in [0.4, 0.5) is 0 Å². The van der Waals surface area contributed by atoms with Crippen LogP contribution in [0.3, 0.4) is 0 Å². The smallest absolute Gasteiger partial charge is 0.243 e. The molecule has 5 amide bonds. The van der Waals surface area contributed by atoms with Crippen molar-refractivity contribution in [2.24, 2.45) is 22.2 Å². The number of carbonyl (C=O) groups is 5. The Kier molecular flexibility index (Phi) is 13.1. The zero-order valence-electron chi connectivity index (χ0n) is 27.6. The molecule has 12 N–H and O–H groups in total. The van der Waals surface area contributed by atoms with Gasteiger partial charge in [0.2, 0.25) is 29.5 Å². The number of imidazole rings is 1. The summed E-state index contributed by atoms with van der Waals surface area (Å²) in [6.07, 6.45) is 5.38. The second kappa shape index (κ2) is 17.8. The lowest BCUT2D eigenvalue weighted by Gasteiger charge is -2.26. The Labute approximate surface area is 288 Å². The van der Waals surface area contributed by atoms with Crippen molar-refractivity contribution in [2.45, 2.75) is 63.2 Å². The molecular weight excluding hydrogens is 642 g/mol. The second-order valence-corrected chi connectivity index (χ2v) is 11.8. The van der Waals surface area contributed by atoms with Gasteiger partial charge in [0.15, 0.2) is 5.96 Å². The molecule has 2 heterocycles. The molecule has 0 spiro atoms. The van der Waals surface area contributed by atoms with E-state index in [-0.39, 0.29) is 38.2 Å². The number of primary amides is 1. The van der Waals surface area contributed by atoms with E-state index >= 15 is 0 Å². The highest BCUT2D eigenvalue weighted by molar-refractivity contribution is 5.96. The molecule has 2 aromatic carbocycles. The van der Waals surface area contributed by atoms with Gasteiger partial charge in [0.1, 0.15) is 24.2 Å². The van der Waals surface area contributed by atoms with Crippen molar-refractivity contribution in [2.75, 3.05) is 6.54 Å². The number of amides is 5. The number of hydrogen-bond acceptors (Lipinski definition) is 7. The first-order valence-electron chi connectivity index (χ1n) is 16.1. The minimum Gasteiger partial charge on any atom is -0.370 e. The number of aromatic amines is 2. The lowest BCUT2D eigenvalue weighted by molar-refractivity contribution is -0.134. The van der Waals surface area contributed by atoms with Gasteiger partial charge in [-0.05, 0) is 30.0 Å². The zero-order valence-corrected chi connectivity index (χ0v) is 27.6. The standard InChI is InChI=1S/C34H43N11O5/c1-20(46)42-29(16-23-18-38-19-41-23)33(50)45-28(14-21-8-3-2-4-9-21)32(49)43-26(12-7-13-39-34(36)37)31(48)44-27(30(35)47)15-22-17-40-25-11-6-5-10-24(22)25/h2-6,8-11,17-19,26-29,40H,7,12-16H2,1H3,(H2,35,47)(H,38,41)(H,42,46)(H,43,49)(H,44,48)(H,45,50)(H4,36,37,39)/t26-,27-,28-,29+/m1/s1. The first-order valence-corrected chi connectivity index (χ1v) is 16.1. The van der Waals surface area contributed by atoms with Gasteiger partial charge in [-0.15, -0.1) is 0 Å². The lowest BCUT2D eigenvalue weighted by atomic mass is 10.0. The van der Waals surface area contributed by atoms with Gasteiger partial charge in [0, 0.05) is 61.7 Å². The maximum absolute atomic E-state index is 14.0. The summed E-state index contributed by atoms with van der Waals surface area (Å²) in [5.41, 5.74) is 19.6. The van der Waals surface area contributed by atoms with E-state index in [1.807, 2.05) is 30.3 Å². The van der Waals surface area contributed by atoms with Gasteiger partial charge in [-0.2, -0.15) is 0 Å². The van der Waals surface area contributed by atoms with Crippen molar-refractivity contribution in [3.8, 4) is 0 Å². The van der Waals surface area contributed by atoms with E-state index in [0.29, 0.717) is 12.1 Å². The number of nitrogens with one attached hydrogen (secondary N) is 6. The number of aromatic nitrogens is 3. The number of aliphatic imine (C=N–C) groups is 1. The lowest BCUT2D eigenvalue weighted by Crippen LogP contribution is -2.59.